The van der Waals surface area contributed by atoms with Crippen LogP contribution in [0, 0.1) is 5.82 Å². The summed E-state index contributed by atoms with van der Waals surface area (Å²) >= 11 is 0. The summed E-state index contributed by atoms with van der Waals surface area (Å²) in [5, 5.41) is 0.509. The first-order valence-corrected chi connectivity index (χ1v) is 3.82. The maximum atomic E-state index is 12.9. The van der Waals surface area contributed by atoms with Crippen molar-refractivity contribution < 1.29 is 12.9 Å². The van der Waals surface area contributed by atoms with E-state index < -0.39 is 18.7 Å². The summed E-state index contributed by atoms with van der Waals surface area (Å²) in [6.07, 6.45) is 0. The Morgan fingerprint density at radius 1 is 1.54 bits per heavy atom. The molecule has 0 aliphatic rings. The predicted octanol–water partition coefficient (Wildman–Crippen LogP) is 2.59. The molecule has 1 aromatic heterocycles. The van der Waals surface area contributed by atoms with Crippen molar-refractivity contribution >= 4 is 11.0 Å². The third kappa shape index (κ3) is 1.42. The van der Waals surface area contributed by atoms with Crippen molar-refractivity contribution in [1.82, 2.24) is 0 Å². The second kappa shape index (κ2) is 2.85. The van der Waals surface area contributed by atoms with Gasteiger partial charge in [-0.05, 0) is 31.1 Å². The standard InChI is InChI=1S/C10H10FNO/c1-6(12)10-5-7-4-8(11)2-3-9(7)13-10/h2-6H,12H2,1H3/i1D3. The van der Waals surface area contributed by atoms with E-state index in [0.29, 0.717) is 11.0 Å². The minimum atomic E-state index is -2.33. The second-order valence-electron chi connectivity index (χ2n) is 2.81. The number of nitrogens with two attached hydrogens (primary N) is 1. The number of halogens is 1. The van der Waals surface area contributed by atoms with Crippen LogP contribution in [-0.2, 0) is 0 Å². The maximum absolute atomic E-state index is 12.9. The third-order valence-corrected chi connectivity index (χ3v) is 1.80. The predicted molar refractivity (Wildman–Crippen MR) is 48.8 cm³/mol. The molecule has 2 rings (SSSR count). The lowest BCUT2D eigenvalue weighted by Crippen LogP contribution is -2.02. The number of benzene rings is 1. The molecule has 1 unspecified atom stereocenters. The Balaban J connectivity index is 2.47. The number of fused-ring (bicyclic) bond motifs is 1. The van der Waals surface area contributed by atoms with Crippen LogP contribution < -0.4 is 5.73 Å². The summed E-state index contributed by atoms with van der Waals surface area (Å²) in [6.45, 7) is -2.33. The normalized spacial score (nSPS) is 17.8. The van der Waals surface area contributed by atoms with Crippen molar-refractivity contribution in [3.05, 3.63) is 35.8 Å². The topological polar surface area (TPSA) is 39.2 Å². The number of furan rings is 1. The van der Waals surface area contributed by atoms with Crippen LogP contribution in [-0.4, -0.2) is 0 Å². The Morgan fingerprint density at radius 2 is 2.38 bits per heavy atom. The molecule has 0 radical (unpaired) electrons. The quantitative estimate of drug-likeness (QED) is 0.736. The van der Waals surface area contributed by atoms with Gasteiger partial charge in [0.1, 0.15) is 17.2 Å². The third-order valence-electron chi connectivity index (χ3n) is 1.80. The molecule has 1 heterocycles. The van der Waals surface area contributed by atoms with Gasteiger partial charge in [0.25, 0.3) is 0 Å². The highest BCUT2D eigenvalue weighted by Crippen LogP contribution is 2.23. The molecule has 3 heteroatoms. The summed E-state index contributed by atoms with van der Waals surface area (Å²) in [7, 11) is 0. The van der Waals surface area contributed by atoms with Gasteiger partial charge in [-0.1, -0.05) is 0 Å². The largest absolute Gasteiger partial charge is 0.459 e. The van der Waals surface area contributed by atoms with Crippen LogP contribution in [0.4, 0.5) is 4.39 Å². The number of rotatable bonds is 1. The van der Waals surface area contributed by atoms with Crippen LogP contribution >= 0.6 is 0 Å². The van der Waals surface area contributed by atoms with Gasteiger partial charge in [-0.3, -0.25) is 0 Å². The Morgan fingerprint density at radius 3 is 3.15 bits per heavy atom. The van der Waals surface area contributed by atoms with Gasteiger partial charge < -0.3 is 10.2 Å². The van der Waals surface area contributed by atoms with Gasteiger partial charge in [-0.25, -0.2) is 4.39 Å². The molecular formula is C10H10FNO. The van der Waals surface area contributed by atoms with Crippen molar-refractivity contribution in [3.63, 3.8) is 0 Å². The highest BCUT2D eigenvalue weighted by molar-refractivity contribution is 5.77. The maximum Gasteiger partial charge on any atom is 0.134 e. The lowest BCUT2D eigenvalue weighted by atomic mass is 10.2. The van der Waals surface area contributed by atoms with E-state index in [-0.39, 0.29) is 5.76 Å². The summed E-state index contributed by atoms with van der Waals surface area (Å²) in [5.41, 5.74) is 5.95. The summed E-state index contributed by atoms with van der Waals surface area (Å²) < 4.78 is 39.7. The first-order chi connectivity index (χ1) is 7.38. The fourth-order valence-electron chi connectivity index (χ4n) is 1.19. The zero-order valence-corrected chi connectivity index (χ0v) is 6.75. The molecule has 2 nitrogen and oxygen atoms in total. The molecule has 2 N–H and O–H groups in total. The van der Waals surface area contributed by atoms with Crippen LogP contribution in [0.1, 0.15) is 22.8 Å². The number of hydrogen-bond donors (Lipinski definition) is 1. The van der Waals surface area contributed by atoms with E-state index in [9.17, 15) is 4.39 Å². The Kier molecular flexibility index (Phi) is 1.18. The first-order valence-electron chi connectivity index (χ1n) is 5.32. The van der Waals surface area contributed by atoms with Crippen molar-refractivity contribution in [2.45, 2.75) is 12.9 Å². The molecule has 2 aromatic rings. The minimum absolute atomic E-state index is 0.139. The molecule has 0 bridgehead atoms. The zero-order chi connectivity index (χ0) is 11.9. The molecule has 0 saturated carbocycles. The van der Waals surface area contributed by atoms with Crippen LogP contribution in [0.2, 0.25) is 0 Å². The monoisotopic (exact) mass is 182 g/mol. The zero-order valence-electron chi connectivity index (χ0n) is 9.75. The fraction of sp³-hybridized carbons (Fsp3) is 0.200. The summed E-state index contributed by atoms with van der Waals surface area (Å²) in [5.74, 6) is -0.261. The lowest BCUT2D eigenvalue weighted by molar-refractivity contribution is 0.512. The van der Waals surface area contributed by atoms with E-state index >= 15 is 0 Å². The first kappa shape index (κ1) is 5.40. The van der Waals surface area contributed by atoms with E-state index in [1.54, 1.807) is 0 Å². The van der Waals surface area contributed by atoms with Crippen molar-refractivity contribution in [2.24, 2.45) is 5.73 Å². The average Bonchev–Trinajstić information content (AvgIpc) is 2.57. The van der Waals surface area contributed by atoms with E-state index in [1.165, 1.54) is 24.3 Å². The summed E-state index contributed by atoms with van der Waals surface area (Å²) in [4.78, 5) is 0. The van der Waals surface area contributed by atoms with Crippen LogP contribution in [0.3, 0.4) is 0 Å². The lowest BCUT2D eigenvalue weighted by Gasteiger charge is -1.96. The van der Waals surface area contributed by atoms with Gasteiger partial charge >= 0.3 is 0 Å². The SMILES string of the molecule is [2H]C([2H])([2H])C(N)c1cc2cc(F)ccc2o1. The van der Waals surface area contributed by atoms with Gasteiger partial charge in [0.05, 0.1) is 6.04 Å². The summed E-state index contributed by atoms with van der Waals surface area (Å²) in [6, 6.07) is 4.23. The highest BCUT2D eigenvalue weighted by Gasteiger charge is 2.07. The van der Waals surface area contributed by atoms with Gasteiger partial charge in [-0.15, -0.1) is 0 Å². The molecule has 1 aromatic carbocycles. The average molecular weight is 182 g/mol. The minimum Gasteiger partial charge on any atom is -0.459 e. The van der Waals surface area contributed by atoms with Gasteiger partial charge in [0.2, 0.25) is 0 Å². The molecule has 0 saturated heterocycles. The Hall–Kier alpha value is -1.35. The van der Waals surface area contributed by atoms with Crippen LogP contribution in [0.25, 0.3) is 11.0 Å². The van der Waals surface area contributed by atoms with Gasteiger partial charge in [0.15, 0.2) is 0 Å². The van der Waals surface area contributed by atoms with Crippen molar-refractivity contribution in [2.75, 3.05) is 0 Å². The van der Waals surface area contributed by atoms with E-state index in [2.05, 4.69) is 0 Å². The molecule has 1 atom stereocenters. The second-order valence-corrected chi connectivity index (χ2v) is 2.81. The van der Waals surface area contributed by atoms with E-state index in [1.807, 2.05) is 0 Å². The Bertz CT molecular complexity index is 520. The molecule has 68 valence electrons. The van der Waals surface area contributed by atoms with E-state index in [4.69, 9.17) is 14.3 Å². The van der Waals surface area contributed by atoms with Gasteiger partial charge in [0, 0.05) is 9.50 Å². The van der Waals surface area contributed by atoms with Crippen LogP contribution in [0.15, 0.2) is 28.7 Å². The molecule has 0 aliphatic heterocycles. The molecule has 0 fully saturated rings. The highest BCUT2D eigenvalue weighted by atomic mass is 19.1. The van der Waals surface area contributed by atoms with Gasteiger partial charge in [-0.2, -0.15) is 0 Å². The molecule has 0 aliphatic carbocycles. The van der Waals surface area contributed by atoms with Crippen molar-refractivity contribution in [3.8, 4) is 0 Å². The molecule has 0 amide bonds. The van der Waals surface area contributed by atoms with Crippen LogP contribution in [0.5, 0.6) is 0 Å². The molecule has 0 spiro atoms. The van der Waals surface area contributed by atoms with Crippen molar-refractivity contribution in [1.29, 1.82) is 0 Å². The molecule has 13 heavy (non-hydrogen) atoms. The van der Waals surface area contributed by atoms with E-state index in [0.717, 1.165) is 0 Å². The number of hydrogen-bond acceptors (Lipinski definition) is 2. The molecular weight excluding hydrogens is 169 g/mol. The smallest absolute Gasteiger partial charge is 0.134 e. The fourth-order valence-corrected chi connectivity index (χ4v) is 1.19. The Labute approximate surface area is 79.4 Å².